The van der Waals surface area contributed by atoms with Crippen molar-refractivity contribution >= 4 is 39.6 Å². The first-order valence-corrected chi connectivity index (χ1v) is 12.7. The summed E-state index contributed by atoms with van der Waals surface area (Å²) in [5.41, 5.74) is 8.87. The van der Waals surface area contributed by atoms with Crippen LogP contribution in [0.25, 0.3) is 33.5 Å². The van der Waals surface area contributed by atoms with Gasteiger partial charge in [0.15, 0.2) is 11.5 Å². The minimum Gasteiger partial charge on any atom is -0.381 e. The van der Waals surface area contributed by atoms with Crippen molar-refractivity contribution in [2.45, 2.75) is 19.9 Å². The number of hydrogen-bond acceptors (Lipinski definition) is 8. The summed E-state index contributed by atoms with van der Waals surface area (Å²) in [6, 6.07) is 15.8. The Balaban J connectivity index is 1.51. The number of nitrogens with two attached hydrogens (primary N) is 1. The van der Waals surface area contributed by atoms with Crippen LogP contribution in [0, 0.1) is 6.92 Å². The van der Waals surface area contributed by atoms with Crippen LogP contribution in [-0.4, -0.2) is 35.0 Å². The first kappa shape index (κ1) is 23.5. The molecule has 11 heteroatoms. The molecule has 0 fully saturated rings. The smallest absolute Gasteiger partial charge is 0.266 e. The lowest BCUT2D eigenvalue weighted by Gasteiger charge is -2.20. The van der Waals surface area contributed by atoms with Gasteiger partial charge in [0.25, 0.3) is 11.5 Å². The maximum absolute atomic E-state index is 14.1. The number of nitrogens with one attached hydrogen (secondary N) is 1. The molecule has 3 N–H and O–H groups in total. The van der Waals surface area contributed by atoms with Crippen molar-refractivity contribution in [3.63, 3.8) is 0 Å². The van der Waals surface area contributed by atoms with Crippen LogP contribution in [0.3, 0.4) is 0 Å². The van der Waals surface area contributed by atoms with Crippen molar-refractivity contribution in [3.05, 3.63) is 99.1 Å². The minimum atomic E-state index is -0.664. The molecule has 4 heterocycles. The highest BCUT2D eigenvalue weighted by Gasteiger charge is 2.25. The number of amides is 1. The summed E-state index contributed by atoms with van der Waals surface area (Å²) in [6.07, 6.45) is 3.23. The van der Waals surface area contributed by atoms with Gasteiger partial charge in [-0.3, -0.25) is 14.2 Å². The summed E-state index contributed by atoms with van der Waals surface area (Å²) in [5.74, 6) is -0.0375. The number of fused-ring (bicyclic) bond motifs is 2. The molecule has 188 valence electrons. The van der Waals surface area contributed by atoms with Gasteiger partial charge in [-0.15, -0.1) is 16.4 Å². The van der Waals surface area contributed by atoms with Crippen LogP contribution in [-0.2, 0) is 0 Å². The molecular formula is C27H22N8O2S. The molecule has 0 unspecified atom stereocenters. The van der Waals surface area contributed by atoms with Gasteiger partial charge in [0.05, 0.1) is 33.3 Å². The largest absolute Gasteiger partial charge is 0.381 e. The SMILES string of the molecule is Cc1nc(-c2cccc3nc([C@H](C)NC(=O)c4c(N)nn5cccnc45)n(-c4ccccc4)c(=O)c23)cs1. The zero-order chi connectivity index (χ0) is 26.4. The molecule has 1 atom stereocenters. The Morgan fingerprint density at radius 3 is 2.66 bits per heavy atom. The van der Waals surface area contributed by atoms with Crippen LogP contribution in [0.15, 0.2) is 77.2 Å². The van der Waals surface area contributed by atoms with Gasteiger partial charge in [-0.2, -0.15) is 0 Å². The Kier molecular flexibility index (Phi) is 5.69. The molecule has 4 aromatic heterocycles. The van der Waals surface area contributed by atoms with E-state index in [0.29, 0.717) is 33.6 Å². The zero-order valence-electron chi connectivity index (χ0n) is 20.5. The maximum atomic E-state index is 14.1. The van der Waals surface area contributed by atoms with Crippen LogP contribution >= 0.6 is 11.3 Å². The summed E-state index contributed by atoms with van der Waals surface area (Å²) < 4.78 is 2.98. The number of aryl methyl sites for hydroxylation is 1. The Labute approximate surface area is 220 Å². The zero-order valence-corrected chi connectivity index (χ0v) is 21.3. The lowest BCUT2D eigenvalue weighted by atomic mass is 10.1. The summed E-state index contributed by atoms with van der Waals surface area (Å²) in [7, 11) is 0. The predicted octanol–water partition coefficient (Wildman–Crippen LogP) is 3.93. The Hall–Kier alpha value is -4.90. The van der Waals surface area contributed by atoms with Gasteiger partial charge in [-0.25, -0.2) is 19.5 Å². The average Bonchev–Trinajstić information content (AvgIpc) is 3.50. The number of nitrogen functional groups attached to an aromatic ring is 1. The van der Waals surface area contributed by atoms with Crippen molar-refractivity contribution < 1.29 is 4.79 Å². The molecule has 0 aliphatic rings. The number of anilines is 1. The van der Waals surface area contributed by atoms with Gasteiger partial charge in [0, 0.05) is 23.3 Å². The van der Waals surface area contributed by atoms with Gasteiger partial charge >= 0.3 is 0 Å². The molecule has 10 nitrogen and oxygen atoms in total. The average molecular weight is 523 g/mol. The molecule has 0 aliphatic heterocycles. The van der Waals surface area contributed by atoms with Gasteiger partial charge < -0.3 is 11.1 Å². The fourth-order valence-corrected chi connectivity index (χ4v) is 5.13. The monoisotopic (exact) mass is 522 g/mol. The number of nitrogens with zero attached hydrogens (tertiary/aromatic N) is 6. The van der Waals surface area contributed by atoms with Crippen molar-refractivity contribution in [3.8, 4) is 16.9 Å². The van der Waals surface area contributed by atoms with Crippen LogP contribution in [0.5, 0.6) is 0 Å². The van der Waals surface area contributed by atoms with Crippen LogP contribution in [0.2, 0.25) is 0 Å². The first-order valence-electron chi connectivity index (χ1n) is 11.9. The van der Waals surface area contributed by atoms with Gasteiger partial charge in [-0.05, 0) is 38.1 Å². The topological polar surface area (TPSA) is 133 Å². The third-order valence-corrected chi connectivity index (χ3v) is 6.99. The Morgan fingerprint density at radius 1 is 1.08 bits per heavy atom. The van der Waals surface area contributed by atoms with E-state index in [2.05, 4.69) is 20.4 Å². The van der Waals surface area contributed by atoms with E-state index >= 15 is 0 Å². The summed E-state index contributed by atoms with van der Waals surface area (Å²) in [4.78, 5) is 41.2. The standard InChI is InChI=1S/C27H22N8O2S/c1-15(30-26(36)22-23(28)33-34-13-7-12-29-25(22)34)24-32-19-11-6-10-18(20-14-38-16(2)31-20)21(19)27(37)35(24)17-8-4-3-5-9-17/h3-15H,1-2H3,(H2,28,33)(H,30,36)/t15-/m0/s1. The number of hydrogen-bond donors (Lipinski definition) is 2. The van der Waals surface area contributed by atoms with E-state index < -0.39 is 11.9 Å². The van der Waals surface area contributed by atoms with Crippen LogP contribution in [0.4, 0.5) is 5.82 Å². The molecule has 6 aromatic rings. The number of aromatic nitrogens is 6. The summed E-state index contributed by atoms with van der Waals surface area (Å²) >= 11 is 1.52. The fourth-order valence-electron chi connectivity index (χ4n) is 4.52. The number of carbonyl (C=O) groups excluding carboxylic acids is 1. The van der Waals surface area contributed by atoms with Crippen LogP contribution < -0.4 is 16.6 Å². The van der Waals surface area contributed by atoms with Crippen molar-refractivity contribution in [2.24, 2.45) is 0 Å². The molecule has 0 aliphatic carbocycles. The molecule has 2 aromatic carbocycles. The number of carbonyl (C=O) groups is 1. The third-order valence-electron chi connectivity index (χ3n) is 6.22. The fraction of sp³-hybridized carbons (Fsp3) is 0.111. The second-order valence-corrected chi connectivity index (χ2v) is 9.80. The molecule has 38 heavy (non-hydrogen) atoms. The number of thiazole rings is 1. The van der Waals surface area contributed by atoms with Crippen molar-refractivity contribution in [1.82, 2.24) is 34.4 Å². The quantitative estimate of drug-likeness (QED) is 0.350. The molecule has 0 saturated carbocycles. The van der Waals surface area contributed by atoms with E-state index in [1.54, 1.807) is 31.5 Å². The van der Waals surface area contributed by atoms with E-state index in [-0.39, 0.29) is 16.9 Å². The van der Waals surface area contributed by atoms with E-state index in [0.717, 1.165) is 10.7 Å². The molecule has 6 rings (SSSR count). The van der Waals surface area contributed by atoms with Crippen molar-refractivity contribution in [1.29, 1.82) is 0 Å². The molecular weight excluding hydrogens is 500 g/mol. The normalized spacial score (nSPS) is 12.2. The van der Waals surface area contributed by atoms with Gasteiger partial charge in [-0.1, -0.05) is 30.3 Å². The van der Waals surface area contributed by atoms with E-state index in [1.165, 1.54) is 20.4 Å². The molecule has 0 bridgehead atoms. The maximum Gasteiger partial charge on any atom is 0.266 e. The van der Waals surface area contributed by atoms with E-state index in [1.807, 2.05) is 54.8 Å². The summed E-state index contributed by atoms with van der Waals surface area (Å²) in [6.45, 7) is 3.70. The minimum absolute atomic E-state index is 0.0588. The highest BCUT2D eigenvalue weighted by molar-refractivity contribution is 7.09. The predicted molar refractivity (Wildman–Crippen MR) is 146 cm³/mol. The lowest BCUT2D eigenvalue weighted by molar-refractivity contribution is 0.0940. The number of rotatable bonds is 5. The van der Waals surface area contributed by atoms with Gasteiger partial charge in [0.1, 0.15) is 11.4 Å². The molecule has 1 amide bonds. The third kappa shape index (κ3) is 3.89. The Morgan fingerprint density at radius 2 is 1.89 bits per heavy atom. The van der Waals surface area contributed by atoms with Crippen LogP contribution in [0.1, 0.15) is 34.2 Å². The number of benzene rings is 2. The second kappa shape index (κ2) is 9.20. The molecule has 0 spiro atoms. The molecule has 0 saturated heterocycles. The van der Waals surface area contributed by atoms with E-state index in [9.17, 15) is 9.59 Å². The highest BCUT2D eigenvalue weighted by atomic mass is 32.1. The lowest BCUT2D eigenvalue weighted by Crippen LogP contribution is -2.33. The van der Waals surface area contributed by atoms with Gasteiger partial charge in [0.2, 0.25) is 0 Å². The van der Waals surface area contributed by atoms with E-state index in [4.69, 9.17) is 10.7 Å². The number of para-hydroxylation sites is 1. The highest BCUT2D eigenvalue weighted by Crippen LogP contribution is 2.28. The Bertz CT molecular complexity index is 1890. The van der Waals surface area contributed by atoms with Crippen molar-refractivity contribution in [2.75, 3.05) is 5.73 Å². The molecule has 0 radical (unpaired) electrons. The second-order valence-electron chi connectivity index (χ2n) is 8.74. The summed E-state index contributed by atoms with van der Waals surface area (Å²) in [5, 5.41) is 10.4. The first-order chi connectivity index (χ1) is 18.4.